The summed E-state index contributed by atoms with van der Waals surface area (Å²) in [5, 5.41) is 27.2. The van der Waals surface area contributed by atoms with Gasteiger partial charge in [0.1, 0.15) is 6.10 Å². The Kier molecular flexibility index (Phi) is 1.96. The van der Waals surface area contributed by atoms with Crippen LogP contribution in [0.15, 0.2) is 0 Å². The van der Waals surface area contributed by atoms with Gasteiger partial charge in [0.2, 0.25) is 0 Å². The topological polar surface area (TPSA) is 86.7 Å². The summed E-state index contributed by atoms with van der Waals surface area (Å²) in [6.45, 7) is 1.70. The molecule has 0 heterocycles. The maximum absolute atomic E-state index is 9.12. The van der Waals surface area contributed by atoms with E-state index in [-0.39, 0.29) is 5.92 Å². The summed E-state index contributed by atoms with van der Waals surface area (Å²) >= 11 is 0. The van der Waals surface area contributed by atoms with Gasteiger partial charge in [-0.05, 0) is 0 Å². The van der Waals surface area contributed by atoms with Crippen molar-refractivity contribution >= 4 is 0 Å². The molecule has 0 aromatic heterocycles. The molecule has 0 spiro atoms. The highest BCUT2D eigenvalue weighted by Crippen LogP contribution is 2.24. The molecule has 60 valence electrons. The average Bonchev–Trinajstić information content (AvgIpc) is 2.07. The van der Waals surface area contributed by atoms with E-state index in [9.17, 15) is 0 Å². The number of aliphatic hydroxyl groups is 3. The Balaban J connectivity index is 2.68. The summed E-state index contributed by atoms with van der Waals surface area (Å²) in [5.74, 6) is -0.231. The molecule has 0 radical (unpaired) electrons. The van der Waals surface area contributed by atoms with Gasteiger partial charge in [-0.2, -0.15) is 0 Å². The molecular weight excluding hydrogens is 134 g/mol. The van der Waals surface area contributed by atoms with Gasteiger partial charge in [-0.1, -0.05) is 6.92 Å². The molecular formula is C6H13NO3. The van der Waals surface area contributed by atoms with Crippen LogP contribution in [0.2, 0.25) is 0 Å². The van der Waals surface area contributed by atoms with Crippen LogP contribution >= 0.6 is 0 Å². The summed E-state index contributed by atoms with van der Waals surface area (Å²) in [6, 6.07) is -0.509. The van der Waals surface area contributed by atoms with Crippen LogP contribution in [0.5, 0.6) is 0 Å². The van der Waals surface area contributed by atoms with Crippen LogP contribution in [-0.2, 0) is 0 Å². The van der Waals surface area contributed by atoms with Crippen molar-refractivity contribution in [3.63, 3.8) is 0 Å². The van der Waals surface area contributed by atoms with E-state index in [2.05, 4.69) is 0 Å². The van der Waals surface area contributed by atoms with Gasteiger partial charge in [0.15, 0.2) is 0 Å². The smallest absolute Gasteiger partial charge is 0.108 e. The van der Waals surface area contributed by atoms with Crippen molar-refractivity contribution in [1.29, 1.82) is 0 Å². The van der Waals surface area contributed by atoms with Gasteiger partial charge < -0.3 is 21.1 Å². The molecule has 1 fully saturated rings. The van der Waals surface area contributed by atoms with E-state index in [0.717, 1.165) is 0 Å². The van der Waals surface area contributed by atoms with Crippen LogP contribution in [0, 0.1) is 5.92 Å². The standard InChI is InChI=1S/C6H13NO3/c1-2-3(7)5(9)6(10)4(2)8/h2-6,8-10H,7H2,1H3/t2-,3+,4-,5-,6-/m1/s1. The van der Waals surface area contributed by atoms with E-state index >= 15 is 0 Å². The predicted molar refractivity (Wildman–Crippen MR) is 35.2 cm³/mol. The fourth-order valence-corrected chi connectivity index (χ4v) is 1.28. The molecule has 1 aliphatic rings. The lowest BCUT2D eigenvalue weighted by molar-refractivity contribution is -0.0257. The minimum Gasteiger partial charge on any atom is -0.390 e. The fourth-order valence-electron chi connectivity index (χ4n) is 1.28. The van der Waals surface area contributed by atoms with Crippen molar-refractivity contribution < 1.29 is 15.3 Å². The van der Waals surface area contributed by atoms with Gasteiger partial charge >= 0.3 is 0 Å². The van der Waals surface area contributed by atoms with E-state index in [0.29, 0.717) is 0 Å². The lowest BCUT2D eigenvalue weighted by Crippen LogP contribution is -2.37. The van der Waals surface area contributed by atoms with E-state index in [4.69, 9.17) is 21.1 Å². The Labute approximate surface area is 59.3 Å². The highest BCUT2D eigenvalue weighted by Gasteiger charge is 2.44. The third-order valence-electron chi connectivity index (χ3n) is 2.24. The first-order chi connectivity index (χ1) is 4.55. The van der Waals surface area contributed by atoms with E-state index < -0.39 is 24.4 Å². The normalized spacial score (nSPS) is 55.5. The Hall–Kier alpha value is -0.160. The highest BCUT2D eigenvalue weighted by molar-refractivity contribution is 4.98. The third kappa shape index (κ3) is 0.932. The van der Waals surface area contributed by atoms with Gasteiger partial charge in [-0.25, -0.2) is 0 Å². The summed E-state index contributed by atoms with van der Waals surface area (Å²) in [7, 11) is 0. The molecule has 4 heteroatoms. The number of nitrogens with two attached hydrogens (primary N) is 1. The Morgan fingerprint density at radius 1 is 1.00 bits per heavy atom. The molecule has 5 atom stereocenters. The zero-order chi connectivity index (χ0) is 7.89. The van der Waals surface area contributed by atoms with Crippen LogP contribution in [0.3, 0.4) is 0 Å². The zero-order valence-corrected chi connectivity index (χ0v) is 5.81. The lowest BCUT2D eigenvalue weighted by atomic mass is 10.1. The van der Waals surface area contributed by atoms with Gasteiger partial charge in [-0.15, -0.1) is 0 Å². The molecule has 5 N–H and O–H groups in total. The quantitative estimate of drug-likeness (QED) is 0.320. The molecule has 4 nitrogen and oxygen atoms in total. The van der Waals surface area contributed by atoms with E-state index in [1.54, 1.807) is 6.92 Å². The van der Waals surface area contributed by atoms with Crippen molar-refractivity contribution in [3.05, 3.63) is 0 Å². The zero-order valence-electron chi connectivity index (χ0n) is 5.81. The minimum atomic E-state index is -1.08. The van der Waals surface area contributed by atoms with Crippen LogP contribution < -0.4 is 5.73 Å². The predicted octanol–water partition coefficient (Wildman–Crippen LogP) is -1.95. The van der Waals surface area contributed by atoms with Crippen molar-refractivity contribution in [3.8, 4) is 0 Å². The van der Waals surface area contributed by atoms with Crippen LogP contribution in [0.4, 0.5) is 0 Å². The SMILES string of the molecule is C[C@@H]1[C@H](N)[C@@H](O)[C@H](O)[C@@H]1O. The van der Waals surface area contributed by atoms with Gasteiger partial charge in [0.25, 0.3) is 0 Å². The van der Waals surface area contributed by atoms with Crippen molar-refractivity contribution in [2.75, 3.05) is 0 Å². The monoisotopic (exact) mass is 147 g/mol. The molecule has 1 rings (SSSR count). The highest BCUT2D eigenvalue weighted by atomic mass is 16.4. The molecule has 0 aromatic carbocycles. The maximum atomic E-state index is 9.12. The van der Waals surface area contributed by atoms with Crippen LogP contribution in [-0.4, -0.2) is 39.7 Å². The summed E-state index contributed by atoms with van der Waals surface area (Å²) < 4.78 is 0. The molecule has 0 unspecified atom stereocenters. The van der Waals surface area contributed by atoms with E-state index in [1.165, 1.54) is 0 Å². The Bertz CT molecular complexity index is 85.3. The molecule has 1 saturated carbocycles. The Morgan fingerprint density at radius 2 is 1.50 bits per heavy atom. The first-order valence-corrected chi connectivity index (χ1v) is 3.35. The molecule has 1 aliphatic carbocycles. The summed E-state index contributed by atoms with van der Waals surface area (Å²) in [5.41, 5.74) is 5.43. The molecule has 10 heavy (non-hydrogen) atoms. The molecule has 0 saturated heterocycles. The third-order valence-corrected chi connectivity index (χ3v) is 2.24. The van der Waals surface area contributed by atoms with Crippen molar-refractivity contribution in [1.82, 2.24) is 0 Å². The van der Waals surface area contributed by atoms with Gasteiger partial charge in [-0.3, -0.25) is 0 Å². The number of aliphatic hydroxyl groups excluding tert-OH is 3. The lowest BCUT2D eigenvalue weighted by Gasteiger charge is -2.12. The molecule has 0 aromatic rings. The maximum Gasteiger partial charge on any atom is 0.108 e. The number of hydrogen-bond acceptors (Lipinski definition) is 4. The van der Waals surface area contributed by atoms with Crippen molar-refractivity contribution in [2.24, 2.45) is 11.7 Å². The first-order valence-electron chi connectivity index (χ1n) is 3.35. The molecule has 0 bridgehead atoms. The minimum absolute atomic E-state index is 0.231. The number of hydrogen-bond donors (Lipinski definition) is 4. The first kappa shape index (κ1) is 7.94. The Morgan fingerprint density at radius 3 is 1.60 bits per heavy atom. The van der Waals surface area contributed by atoms with Gasteiger partial charge in [0, 0.05) is 12.0 Å². The second kappa shape index (κ2) is 2.47. The molecule has 0 amide bonds. The summed E-state index contributed by atoms with van der Waals surface area (Å²) in [4.78, 5) is 0. The van der Waals surface area contributed by atoms with E-state index in [1.807, 2.05) is 0 Å². The average molecular weight is 147 g/mol. The largest absolute Gasteiger partial charge is 0.390 e. The fraction of sp³-hybridized carbons (Fsp3) is 1.00. The number of rotatable bonds is 0. The summed E-state index contributed by atoms with van der Waals surface area (Å²) in [6.07, 6.45) is -2.94. The van der Waals surface area contributed by atoms with Crippen LogP contribution in [0.1, 0.15) is 6.92 Å². The van der Waals surface area contributed by atoms with Crippen LogP contribution in [0.25, 0.3) is 0 Å². The second-order valence-electron chi connectivity index (χ2n) is 2.91. The van der Waals surface area contributed by atoms with Crippen molar-refractivity contribution in [2.45, 2.75) is 31.3 Å². The van der Waals surface area contributed by atoms with Gasteiger partial charge in [0.05, 0.1) is 12.2 Å². The molecule has 0 aliphatic heterocycles. The second-order valence-corrected chi connectivity index (χ2v) is 2.91.